The second-order valence-corrected chi connectivity index (χ2v) is 4.78. The number of hydrogen-bond acceptors (Lipinski definition) is 3. The monoisotopic (exact) mass is 225 g/mol. The van der Waals surface area contributed by atoms with Crippen LogP contribution >= 0.6 is 0 Å². The Morgan fingerprint density at radius 2 is 2.00 bits per heavy atom. The van der Waals surface area contributed by atoms with Crippen LogP contribution in [0.2, 0.25) is 0 Å². The van der Waals surface area contributed by atoms with Crippen LogP contribution in [0.5, 0.6) is 0 Å². The van der Waals surface area contributed by atoms with Gasteiger partial charge in [-0.1, -0.05) is 13.8 Å². The number of hydrogen-bond donors (Lipinski definition) is 1. The average molecular weight is 225 g/mol. The summed E-state index contributed by atoms with van der Waals surface area (Å²) < 4.78 is 11.4. The van der Waals surface area contributed by atoms with Gasteiger partial charge < -0.3 is 14.9 Å². The summed E-state index contributed by atoms with van der Waals surface area (Å²) in [5, 5.41) is 0. The van der Waals surface area contributed by atoms with Crippen molar-refractivity contribution in [2.45, 2.75) is 46.3 Å². The van der Waals surface area contributed by atoms with Crippen molar-refractivity contribution in [3.8, 4) is 0 Å². The molecular weight excluding hydrogens is 202 g/mol. The summed E-state index contributed by atoms with van der Waals surface area (Å²) in [5.41, 5.74) is 5.91. The third kappa shape index (κ3) is 3.99. The Kier molecular flexibility index (Phi) is 5.03. The zero-order chi connectivity index (χ0) is 12.1. The van der Waals surface area contributed by atoms with Crippen LogP contribution in [0.25, 0.3) is 0 Å². The van der Waals surface area contributed by atoms with Gasteiger partial charge in [-0.15, -0.1) is 0 Å². The Bertz CT molecular complexity index is 305. The van der Waals surface area contributed by atoms with E-state index in [1.54, 1.807) is 0 Å². The summed E-state index contributed by atoms with van der Waals surface area (Å²) in [6, 6.07) is 3.83. The molecule has 1 aromatic rings. The molecule has 1 aromatic heterocycles. The van der Waals surface area contributed by atoms with Crippen LogP contribution in [0, 0.1) is 12.8 Å². The first-order valence-corrected chi connectivity index (χ1v) is 5.94. The SMILES string of the molecule is Cc1ccc(C(OCCC(C)C)C(C)N)o1. The first-order valence-electron chi connectivity index (χ1n) is 5.94. The van der Waals surface area contributed by atoms with Crippen molar-refractivity contribution in [3.05, 3.63) is 23.7 Å². The minimum absolute atomic E-state index is 0.0577. The highest BCUT2D eigenvalue weighted by Crippen LogP contribution is 2.23. The zero-order valence-electron chi connectivity index (χ0n) is 10.7. The smallest absolute Gasteiger partial charge is 0.134 e. The highest BCUT2D eigenvalue weighted by Gasteiger charge is 2.20. The number of rotatable bonds is 6. The predicted octanol–water partition coefficient (Wildman–Crippen LogP) is 3.04. The zero-order valence-corrected chi connectivity index (χ0v) is 10.7. The van der Waals surface area contributed by atoms with Crippen LogP contribution in [0.4, 0.5) is 0 Å². The number of furan rings is 1. The van der Waals surface area contributed by atoms with Gasteiger partial charge in [-0.2, -0.15) is 0 Å². The summed E-state index contributed by atoms with van der Waals surface area (Å²) in [7, 11) is 0. The molecule has 0 radical (unpaired) electrons. The van der Waals surface area contributed by atoms with E-state index >= 15 is 0 Å². The van der Waals surface area contributed by atoms with E-state index in [9.17, 15) is 0 Å². The van der Waals surface area contributed by atoms with Crippen LogP contribution in [-0.2, 0) is 4.74 Å². The largest absolute Gasteiger partial charge is 0.464 e. The van der Waals surface area contributed by atoms with Gasteiger partial charge in [0.15, 0.2) is 0 Å². The Hall–Kier alpha value is -0.800. The fourth-order valence-corrected chi connectivity index (χ4v) is 1.53. The maximum Gasteiger partial charge on any atom is 0.134 e. The van der Waals surface area contributed by atoms with Gasteiger partial charge >= 0.3 is 0 Å². The number of aryl methyl sites for hydroxylation is 1. The van der Waals surface area contributed by atoms with Gasteiger partial charge in [0.25, 0.3) is 0 Å². The lowest BCUT2D eigenvalue weighted by atomic mass is 10.1. The van der Waals surface area contributed by atoms with E-state index in [1.807, 2.05) is 26.0 Å². The van der Waals surface area contributed by atoms with Crippen LogP contribution in [0.3, 0.4) is 0 Å². The van der Waals surface area contributed by atoms with Crippen molar-refractivity contribution < 1.29 is 9.15 Å². The Morgan fingerprint density at radius 3 is 2.44 bits per heavy atom. The van der Waals surface area contributed by atoms with E-state index < -0.39 is 0 Å². The summed E-state index contributed by atoms with van der Waals surface area (Å²) in [5.74, 6) is 2.37. The molecule has 0 saturated carbocycles. The van der Waals surface area contributed by atoms with E-state index in [-0.39, 0.29) is 12.1 Å². The molecule has 0 fully saturated rings. The molecular formula is C13H23NO2. The topological polar surface area (TPSA) is 48.4 Å². The number of ether oxygens (including phenoxy) is 1. The molecule has 0 spiro atoms. The van der Waals surface area contributed by atoms with Crippen LogP contribution in [0.1, 0.15) is 44.8 Å². The van der Waals surface area contributed by atoms with Crippen molar-refractivity contribution in [2.75, 3.05) is 6.61 Å². The minimum Gasteiger partial charge on any atom is -0.464 e. The molecule has 0 amide bonds. The molecule has 1 heterocycles. The molecule has 2 unspecified atom stereocenters. The molecule has 0 saturated heterocycles. The van der Waals surface area contributed by atoms with Crippen LogP contribution in [0.15, 0.2) is 16.5 Å². The van der Waals surface area contributed by atoms with E-state index in [4.69, 9.17) is 14.9 Å². The average Bonchev–Trinajstić information content (AvgIpc) is 2.58. The second kappa shape index (κ2) is 6.06. The quantitative estimate of drug-likeness (QED) is 0.809. The third-order valence-corrected chi connectivity index (χ3v) is 2.51. The van der Waals surface area contributed by atoms with Crippen molar-refractivity contribution in [1.29, 1.82) is 0 Å². The van der Waals surface area contributed by atoms with E-state index in [0.717, 1.165) is 24.5 Å². The molecule has 0 aliphatic heterocycles. The molecule has 1 rings (SSSR count). The number of nitrogens with two attached hydrogens (primary N) is 1. The summed E-state index contributed by atoms with van der Waals surface area (Å²) in [4.78, 5) is 0. The molecule has 3 heteroatoms. The van der Waals surface area contributed by atoms with Crippen molar-refractivity contribution in [2.24, 2.45) is 11.7 Å². The van der Waals surface area contributed by atoms with Gasteiger partial charge in [0.2, 0.25) is 0 Å². The normalized spacial score (nSPS) is 15.4. The molecule has 0 aromatic carbocycles. The molecule has 2 atom stereocenters. The van der Waals surface area contributed by atoms with E-state index in [1.165, 1.54) is 0 Å². The lowest BCUT2D eigenvalue weighted by Gasteiger charge is -2.19. The first-order chi connectivity index (χ1) is 7.50. The summed E-state index contributed by atoms with van der Waals surface area (Å²) in [6.07, 6.45) is 0.913. The van der Waals surface area contributed by atoms with E-state index in [2.05, 4.69) is 13.8 Å². The second-order valence-electron chi connectivity index (χ2n) is 4.78. The predicted molar refractivity (Wildman–Crippen MR) is 65.2 cm³/mol. The fourth-order valence-electron chi connectivity index (χ4n) is 1.53. The molecule has 0 bridgehead atoms. The van der Waals surface area contributed by atoms with Crippen LogP contribution < -0.4 is 5.73 Å². The lowest BCUT2D eigenvalue weighted by molar-refractivity contribution is 0.0178. The Morgan fingerprint density at radius 1 is 1.31 bits per heavy atom. The molecule has 0 aliphatic carbocycles. The lowest BCUT2D eigenvalue weighted by Crippen LogP contribution is -2.27. The first kappa shape index (κ1) is 13.3. The van der Waals surface area contributed by atoms with Crippen molar-refractivity contribution >= 4 is 0 Å². The summed E-state index contributed by atoms with van der Waals surface area (Å²) in [6.45, 7) is 8.96. The molecule has 2 N–H and O–H groups in total. The van der Waals surface area contributed by atoms with Gasteiger partial charge in [-0.05, 0) is 38.3 Å². The van der Waals surface area contributed by atoms with Gasteiger partial charge in [0.05, 0.1) is 0 Å². The van der Waals surface area contributed by atoms with Gasteiger partial charge in [-0.25, -0.2) is 0 Å². The van der Waals surface area contributed by atoms with Crippen molar-refractivity contribution in [3.63, 3.8) is 0 Å². The third-order valence-electron chi connectivity index (χ3n) is 2.51. The Labute approximate surface area is 98.0 Å². The summed E-state index contributed by atoms with van der Waals surface area (Å²) >= 11 is 0. The minimum atomic E-state index is -0.132. The Balaban J connectivity index is 2.55. The van der Waals surface area contributed by atoms with Gasteiger partial charge in [-0.3, -0.25) is 0 Å². The fraction of sp³-hybridized carbons (Fsp3) is 0.692. The van der Waals surface area contributed by atoms with Gasteiger partial charge in [0.1, 0.15) is 17.6 Å². The van der Waals surface area contributed by atoms with Crippen LogP contribution in [-0.4, -0.2) is 12.6 Å². The van der Waals surface area contributed by atoms with Gasteiger partial charge in [0, 0.05) is 12.6 Å². The molecule has 3 nitrogen and oxygen atoms in total. The maximum absolute atomic E-state index is 5.91. The molecule has 16 heavy (non-hydrogen) atoms. The highest BCUT2D eigenvalue weighted by atomic mass is 16.5. The van der Waals surface area contributed by atoms with E-state index in [0.29, 0.717) is 5.92 Å². The highest BCUT2D eigenvalue weighted by molar-refractivity contribution is 5.09. The molecule has 0 aliphatic rings. The standard InChI is InChI=1S/C13H23NO2/c1-9(2)7-8-15-13(11(4)14)12-6-5-10(3)16-12/h5-6,9,11,13H,7-8,14H2,1-4H3. The van der Waals surface area contributed by atoms with Crippen molar-refractivity contribution in [1.82, 2.24) is 0 Å². The maximum atomic E-state index is 5.91. The molecule has 92 valence electrons.